The highest BCUT2D eigenvalue weighted by molar-refractivity contribution is 5.82. The minimum Gasteiger partial charge on any atom is -0.479 e. The SMILES string of the molecule is Cc1ccc([C@H](NC(=O)OCC2c3ccccc3-c3ccccc32)C(=O)O)cc1. The largest absolute Gasteiger partial charge is 0.479 e. The van der Waals surface area contributed by atoms with Gasteiger partial charge in [0.05, 0.1) is 0 Å². The van der Waals surface area contributed by atoms with E-state index in [4.69, 9.17) is 4.74 Å². The van der Waals surface area contributed by atoms with Crippen molar-refractivity contribution in [2.24, 2.45) is 0 Å². The van der Waals surface area contributed by atoms with Crippen molar-refractivity contribution in [2.45, 2.75) is 18.9 Å². The number of amides is 1. The lowest BCUT2D eigenvalue weighted by atomic mass is 9.98. The van der Waals surface area contributed by atoms with Gasteiger partial charge in [0.1, 0.15) is 6.61 Å². The molecule has 0 saturated carbocycles. The molecule has 2 N–H and O–H groups in total. The molecule has 0 heterocycles. The quantitative estimate of drug-likeness (QED) is 0.668. The summed E-state index contributed by atoms with van der Waals surface area (Å²) in [6.07, 6.45) is -0.750. The van der Waals surface area contributed by atoms with Crippen LogP contribution in [0.3, 0.4) is 0 Å². The summed E-state index contributed by atoms with van der Waals surface area (Å²) in [6.45, 7) is 2.05. The van der Waals surface area contributed by atoms with E-state index >= 15 is 0 Å². The molecule has 1 aliphatic rings. The molecule has 0 bridgehead atoms. The molecule has 0 fully saturated rings. The molecule has 3 aromatic carbocycles. The molecule has 5 nitrogen and oxygen atoms in total. The van der Waals surface area contributed by atoms with Gasteiger partial charge in [0, 0.05) is 5.92 Å². The van der Waals surface area contributed by atoms with Crippen LogP contribution >= 0.6 is 0 Å². The van der Waals surface area contributed by atoms with Crippen molar-refractivity contribution in [1.82, 2.24) is 5.32 Å². The molecular formula is C24H21NO4. The monoisotopic (exact) mass is 387 g/mol. The summed E-state index contributed by atoms with van der Waals surface area (Å²) in [5.74, 6) is -1.21. The van der Waals surface area contributed by atoms with E-state index in [1.165, 1.54) is 0 Å². The standard InChI is InChI=1S/C24H21NO4/c1-15-10-12-16(13-11-15)22(23(26)27)25-24(28)29-14-21-19-8-4-2-6-17(19)18-7-3-5-9-20(18)21/h2-13,21-22H,14H2,1H3,(H,25,28)(H,26,27)/t22-/m0/s1. The second kappa shape index (κ2) is 7.80. The van der Waals surface area contributed by atoms with Gasteiger partial charge in [-0.15, -0.1) is 0 Å². The van der Waals surface area contributed by atoms with Gasteiger partial charge in [-0.3, -0.25) is 0 Å². The number of carbonyl (C=O) groups is 2. The van der Waals surface area contributed by atoms with E-state index in [1.54, 1.807) is 12.1 Å². The Bertz CT molecular complexity index is 1010. The molecule has 1 atom stereocenters. The number of aryl methyl sites for hydroxylation is 1. The molecule has 4 rings (SSSR count). The van der Waals surface area contributed by atoms with Crippen molar-refractivity contribution < 1.29 is 19.4 Å². The summed E-state index contributed by atoms with van der Waals surface area (Å²) < 4.78 is 5.45. The van der Waals surface area contributed by atoms with Gasteiger partial charge in [-0.2, -0.15) is 0 Å². The number of carbonyl (C=O) groups excluding carboxylic acids is 1. The van der Waals surface area contributed by atoms with Crippen molar-refractivity contribution in [3.8, 4) is 11.1 Å². The Morgan fingerprint density at radius 3 is 2.03 bits per heavy atom. The summed E-state index contributed by atoms with van der Waals surface area (Å²) >= 11 is 0. The molecule has 0 spiro atoms. The first-order valence-corrected chi connectivity index (χ1v) is 9.45. The highest BCUT2D eigenvalue weighted by Gasteiger charge is 2.30. The number of rotatable bonds is 5. The maximum atomic E-state index is 12.4. The number of nitrogens with one attached hydrogen (secondary N) is 1. The van der Waals surface area contributed by atoms with E-state index in [2.05, 4.69) is 17.4 Å². The molecule has 0 unspecified atom stereocenters. The summed E-state index contributed by atoms with van der Waals surface area (Å²) in [7, 11) is 0. The second-order valence-corrected chi connectivity index (χ2v) is 7.15. The van der Waals surface area contributed by atoms with E-state index in [1.807, 2.05) is 55.5 Å². The van der Waals surface area contributed by atoms with Crippen LogP contribution < -0.4 is 5.32 Å². The second-order valence-electron chi connectivity index (χ2n) is 7.15. The molecule has 3 aromatic rings. The van der Waals surface area contributed by atoms with Gasteiger partial charge < -0.3 is 15.2 Å². The first-order valence-electron chi connectivity index (χ1n) is 9.45. The van der Waals surface area contributed by atoms with Crippen molar-refractivity contribution in [1.29, 1.82) is 0 Å². The number of alkyl carbamates (subject to hydrolysis) is 1. The maximum Gasteiger partial charge on any atom is 0.408 e. The Hall–Kier alpha value is -3.60. The summed E-state index contributed by atoms with van der Waals surface area (Å²) in [5.41, 5.74) is 6.00. The van der Waals surface area contributed by atoms with Crippen LogP contribution in [0.15, 0.2) is 72.8 Å². The predicted octanol–water partition coefficient (Wildman–Crippen LogP) is 4.66. The molecule has 1 aliphatic carbocycles. The fraction of sp³-hybridized carbons (Fsp3) is 0.167. The predicted molar refractivity (Wildman–Crippen MR) is 110 cm³/mol. The highest BCUT2D eigenvalue weighted by atomic mass is 16.5. The number of hydrogen-bond acceptors (Lipinski definition) is 3. The lowest BCUT2D eigenvalue weighted by Gasteiger charge is -2.18. The number of fused-ring (bicyclic) bond motifs is 3. The molecule has 1 amide bonds. The Labute approximate surface area is 169 Å². The number of benzene rings is 3. The average molecular weight is 387 g/mol. The summed E-state index contributed by atoms with van der Waals surface area (Å²) in [4.78, 5) is 24.0. The zero-order valence-corrected chi connectivity index (χ0v) is 16.0. The summed E-state index contributed by atoms with van der Waals surface area (Å²) in [6, 6.07) is 22.0. The fourth-order valence-electron chi connectivity index (χ4n) is 3.80. The zero-order valence-electron chi connectivity index (χ0n) is 16.0. The number of carboxylic acids is 1. The first-order chi connectivity index (χ1) is 14.0. The van der Waals surface area contributed by atoms with Gasteiger partial charge in [0.15, 0.2) is 6.04 Å². The lowest BCUT2D eigenvalue weighted by molar-refractivity contribution is -0.139. The van der Waals surface area contributed by atoms with Crippen LogP contribution in [0.5, 0.6) is 0 Å². The third-order valence-electron chi connectivity index (χ3n) is 5.26. The van der Waals surface area contributed by atoms with E-state index in [0.717, 1.165) is 27.8 Å². The molecular weight excluding hydrogens is 366 g/mol. The van der Waals surface area contributed by atoms with Gasteiger partial charge >= 0.3 is 12.1 Å². The van der Waals surface area contributed by atoms with Crippen LogP contribution in [0.4, 0.5) is 4.79 Å². The Balaban J connectivity index is 1.48. The Morgan fingerprint density at radius 2 is 1.48 bits per heavy atom. The Morgan fingerprint density at radius 1 is 0.931 bits per heavy atom. The topological polar surface area (TPSA) is 75.6 Å². The van der Waals surface area contributed by atoms with Crippen LogP contribution in [0.1, 0.15) is 34.2 Å². The van der Waals surface area contributed by atoms with E-state index in [-0.39, 0.29) is 12.5 Å². The van der Waals surface area contributed by atoms with Crippen LogP contribution in [-0.2, 0) is 9.53 Å². The van der Waals surface area contributed by atoms with E-state index in [9.17, 15) is 14.7 Å². The number of hydrogen-bond donors (Lipinski definition) is 2. The van der Waals surface area contributed by atoms with Crippen molar-refractivity contribution in [3.63, 3.8) is 0 Å². The third-order valence-corrected chi connectivity index (χ3v) is 5.26. The normalized spacial score (nSPS) is 13.3. The van der Waals surface area contributed by atoms with Gasteiger partial charge in [-0.25, -0.2) is 9.59 Å². The van der Waals surface area contributed by atoms with Crippen LogP contribution in [0, 0.1) is 6.92 Å². The molecule has 146 valence electrons. The van der Waals surface area contributed by atoms with E-state index < -0.39 is 18.1 Å². The van der Waals surface area contributed by atoms with E-state index in [0.29, 0.717) is 5.56 Å². The third kappa shape index (κ3) is 3.72. The minimum atomic E-state index is -1.16. The van der Waals surface area contributed by atoms with Crippen molar-refractivity contribution >= 4 is 12.1 Å². The van der Waals surface area contributed by atoms with Crippen molar-refractivity contribution in [2.75, 3.05) is 6.61 Å². The van der Waals surface area contributed by atoms with Crippen LogP contribution in [0.25, 0.3) is 11.1 Å². The molecule has 0 radical (unpaired) electrons. The fourth-order valence-corrected chi connectivity index (χ4v) is 3.80. The number of carboxylic acid groups (broad SMARTS) is 1. The average Bonchev–Trinajstić information content (AvgIpc) is 3.05. The first kappa shape index (κ1) is 18.7. The Kier molecular flexibility index (Phi) is 5.04. The molecule has 0 saturated heterocycles. The number of ether oxygens (including phenoxy) is 1. The number of aliphatic carboxylic acids is 1. The molecule has 29 heavy (non-hydrogen) atoms. The van der Waals surface area contributed by atoms with Gasteiger partial charge in [0.25, 0.3) is 0 Å². The zero-order chi connectivity index (χ0) is 20.4. The summed E-state index contributed by atoms with van der Waals surface area (Å²) in [5, 5.41) is 12.0. The smallest absolute Gasteiger partial charge is 0.408 e. The van der Waals surface area contributed by atoms with Crippen LogP contribution in [-0.4, -0.2) is 23.8 Å². The van der Waals surface area contributed by atoms with Gasteiger partial charge in [-0.05, 0) is 34.7 Å². The molecule has 0 aromatic heterocycles. The maximum absolute atomic E-state index is 12.4. The molecule has 5 heteroatoms. The van der Waals surface area contributed by atoms with Crippen LogP contribution in [0.2, 0.25) is 0 Å². The lowest BCUT2D eigenvalue weighted by Crippen LogP contribution is -2.34. The highest BCUT2D eigenvalue weighted by Crippen LogP contribution is 2.44. The molecule has 0 aliphatic heterocycles. The minimum absolute atomic E-state index is 0.0733. The van der Waals surface area contributed by atoms with Crippen molar-refractivity contribution in [3.05, 3.63) is 95.1 Å². The van der Waals surface area contributed by atoms with Gasteiger partial charge in [0.2, 0.25) is 0 Å². The van der Waals surface area contributed by atoms with Gasteiger partial charge in [-0.1, -0.05) is 78.4 Å².